The van der Waals surface area contributed by atoms with E-state index in [2.05, 4.69) is 54.3 Å². The zero-order chi connectivity index (χ0) is 15.4. The summed E-state index contributed by atoms with van der Waals surface area (Å²) in [5.41, 5.74) is 3.55. The first kappa shape index (κ1) is 14.8. The van der Waals surface area contributed by atoms with Crippen molar-refractivity contribution in [1.82, 2.24) is 4.90 Å². The molecular weight excluding hydrogens is 268 g/mol. The van der Waals surface area contributed by atoms with E-state index in [4.69, 9.17) is 0 Å². The molecular formula is C20H22N2. The van der Waals surface area contributed by atoms with Gasteiger partial charge in [-0.05, 0) is 30.9 Å². The molecule has 2 aromatic carbocycles. The van der Waals surface area contributed by atoms with Gasteiger partial charge in [-0.3, -0.25) is 4.90 Å². The van der Waals surface area contributed by atoms with Crippen LogP contribution in [0.1, 0.15) is 29.5 Å². The molecule has 2 aromatic rings. The Morgan fingerprint density at radius 3 is 2.41 bits per heavy atom. The minimum absolute atomic E-state index is 0.301. The smallest absolute Gasteiger partial charge is 0.0846 e. The lowest BCUT2D eigenvalue weighted by atomic mass is 9.74. The number of hydrogen-bond acceptors (Lipinski definition) is 2. The normalized spacial score (nSPS) is 17.8. The van der Waals surface area contributed by atoms with Crippen LogP contribution >= 0.6 is 0 Å². The average Bonchev–Trinajstić information content (AvgIpc) is 2.57. The Bertz CT molecular complexity index is 662. The van der Waals surface area contributed by atoms with E-state index in [0.717, 1.165) is 32.5 Å². The van der Waals surface area contributed by atoms with Gasteiger partial charge < -0.3 is 0 Å². The van der Waals surface area contributed by atoms with Crippen molar-refractivity contribution in [3.63, 3.8) is 0 Å². The SMILES string of the molecule is Cc1cccc(CN2CCC(C#N)(c3ccccc3)CC2)c1. The molecule has 22 heavy (non-hydrogen) atoms. The van der Waals surface area contributed by atoms with Crippen LogP contribution in [0, 0.1) is 18.3 Å². The first-order chi connectivity index (χ1) is 10.7. The van der Waals surface area contributed by atoms with Gasteiger partial charge in [-0.25, -0.2) is 0 Å². The number of nitriles is 1. The van der Waals surface area contributed by atoms with Crippen LogP contribution in [0.5, 0.6) is 0 Å². The second kappa shape index (κ2) is 6.34. The Labute approximate surface area is 133 Å². The molecule has 3 rings (SSSR count). The minimum atomic E-state index is -0.301. The fourth-order valence-corrected chi connectivity index (χ4v) is 3.38. The Kier molecular flexibility index (Phi) is 4.27. The molecule has 2 heteroatoms. The van der Waals surface area contributed by atoms with Gasteiger partial charge in [-0.15, -0.1) is 0 Å². The van der Waals surface area contributed by atoms with E-state index in [-0.39, 0.29) is 5.41 Å². The summed E-state index contributed by atoms with van der Waals surface area (Å²) >= 11 is 0. The Balaban J connectivity index is 1.68. The predicted molar refractivity (Wildman–Crippen MR) is 89.4 cm³/mol. The number of piperidine rings is 1. The van der Waals surface area contributed by atoms with Crippen LogP contribution in [0.25, 0.3) is 0 Å². The average molecular weight is 290 g/mol. The molecule has 112 valence electrons. The van der Waals surface area contributed by atoms with E-state index in [0.29, 0.717) is 0 Å². The molecule has 1 saturated heterocycles. The van der Waals surface area contributed by atoms with Crippen LogP contribution in [0.4, 0.5) is 0 Å². The van der Waals surface area contributed by atoms with Gasteiger partial charge in [0.05, 0.1) is 11.5 Å². The van der Waals surface area contributed by atoms with Crippen LogP contribution in [-0.2, 0) is 12.0 Å². The van der Waals surface area contributed by atoms with Gasteiger partial charge in [0, 0.05) is 19.6 Å². The van der Waals surface area contributed by atoms with E-state index in [9.17, 15) is 5.26 Å². The zero-order valence-electron chi connectivity index (χ0n) is 13.1. The number of rotatable bonds is 3. The van der Waals surface area contributed by atoms with Crippen molar-refractivity contribution < 1.29 is 0 Å². The maximum Gasteiger partial charge on any atom is 0.0846 e. The highest BCUT2D eigenvalue weighted by Crippen LogP contribution is 2.35. The van der Waals surface area contributed by atoms with Gasteiger partial charge in [0.1, 0.15) is 0 Å². The fourth-order valence-electron chi connectivity index (χ4n) is 3.38. The van der Waals surface area contributed by atoms with Crippen molar-refractivity contribution in [1.29, 1.82) is 5.26 Å². The van der Waals surface area contributed by atoms with Crippen molar-refractivity contribution in [2.24, 2.45) is 0 Å². The van der Waals surface area contributed by atoms with E-state index in [1.54, 1.807) is 0 Å². The molecule has 0 bridgehead atoms. The van der Waals surface area contributed by atoms with Gasteiger partial charge >= 0.3 is 0 Å². The number of benzene rings is 2. The van der Waals surface area contributed by atoms with Crippen LogP contribution in [-0.4, -0.2) is 18.0 Å². The molecule has 0 amide bonds. The van der Waals surface area contributed by atoms with Crippen molar-refractivity contribution in [3.8, 4) is 6.07 Å². The Morgan fingerprint density at radius 1 is 1.05 bits per heavy atom. The molecule has 1 fully saturated rings. The zero-order valence-corrected chi connectivity index (χ0v) is 13.1. The van der Waals surface area contributed by atoms with Crippen molar-refractivity contribution >= 4 is 0 Å². The summed E-state index contributed by atoms with van der Waals surface area (Å²) in [5.74, 6) is 0. The Hall–Kier alpha value is -2.11. The van der Waals surface area contributed by atoms with Crippen molar-refractivity contribution in [3.05, 3.63) is 71.3 Å². The number of likely N-dealkylation sites (tertiary alicyclic amines) is 1. The molecule has 0 N–H and O–H groups in total. The predicted octanol–water partition coefficient (Wildman–Crippen LogP) is 4.05. The monoisotopic (exact) mass is 290 g/mol. The molecule has 1 aliphatic rings. The summed E-state index contributed by atoms with van der Waals surface area (Å²) in [6, 6.07) is 21.6. The molecule has 0 spiro atoms. The van der Waals surface area contributed by atoms with E-state index in [1.807, 2.05) is 18.2 Å². The first-order valence-electron chi connectivity index (χ1n) is 7.97. The first-order valence-corrected chi connectivity index (χ1v) is 7.97. The summed E-state index contributed by atoms with van der Waals surface area (Å²) < 4.78 is 0. The van der Waals surface area contributed by atoms with E-state index >= 15 is 0 Å². The highest BCUT2D eigenvalue weighted by Gasteiger charge is 2.36. The van der Waals surface area contributed by atoms with Crippen LogP contribution in [0.15, 0.2) is 54.6 Å². The molecule has 1 aliphatic heterocycles. The van der Waals surface area contributed by atoms with Gasteiger partial charge in [0.15, 0.2) is 0 Å². The van der Waals surface area contributed by atoms with Gasteiger partial charge in [-0.2, -0.15) is 5.26 Å². The standard InChI is InChI=1S/C20H22N2/c1-17-6-5-7-18(14-17)15-22-12-10-20(16-21,11-13-22)19-8-3-2-4-9-19/h2-9,14H,10-13,15H2,1H3. The summed E-state index contributed by atoms with van der Waals surface area (Å²) in [5, 5.41) is 9.74. The molecule has 0 aliphatic carbocycles. The van der Waals surface area contributed by atoms with Gasteiger partial charge in [0.25, 0.3) is 0 Å². The lowest BCUT2D eigenvalue weighted by molar-refractivity contribution is 0.179. The number of hydrogen-bond donors (Lipinski definition) is 0. The second-order valence-corrected chi connectivity index (χ2v) is 6.33. The molecule has 0 saturated carbocycles. The third kappa shape index (κ3) is 3.05. The second-order valence-electron chi connectivity index (χ2n) is 6.33. The summed E-state index contributed by atoms with van der Waals surface area (Å²) in [7, 11) is 0. The lowest BCUT2D eigenvalue weighted by Crippen LogP contribution is -2.41. The van der Waals surface area contributed by atoms with Gasteiger partial charge in [0.2, 0.25) is 0 Å². The van der Waals surface area contributed by atoms with Crippen molar-refractivity contribution in [2.75, 3.05) is 13.1 Å². The van der Waals surface area contributed by atoms with E-state index in [1.165, 1.54) is 16.7 Å². The molecule has 0 unspecified atom stereocenters. The summed E-state index contributed by atoms with van der Waals surface area (Å²) in [4.78, 5) is 2.47. The highest BCUT2D eigenvalue weighted by atomic mass is 15.1. The fraction of sp³-hybridized carbons (Fsp3) is 0.350. The van der Waals surface area contributed by atoms with Gasteiger partial charge in [-0.1, -0.05) is 60.2 Å². The largest absolute Gasteiger partial charge is 0.299 e. The Morgan fingerprint density at radius 2 is 1.77 bits per heavy atom. The summed E-state index contributed by atoms with van der Waals surface area (Å²) in [6.07, 6.45) is 1.83. The third-order valence-corrected chi connectivity index (χ3v) is 4.74. The highest BCUT2D eigenvalue weighted by molar-refractivity contribution is 5.33. The molecule has 0 aromatic heterocycles. The molecule has 2 nitrogen and oxygen atoms in total. The number of nitrogens with zero attached hydrogens (tertiary/aromatic N) is 2. The number of aryl methyl sites for hydroxylation is 1. The maximum absolute atomic E-state index is 9.74. The molecule has 0 atom stereocenters. The lowest BCUT2D eigenvalue weighted by Gasteiger charge is -2.37. The third-order valence-electron chi connectivity index (χ3n) is 4.74. The van der Waals surface area contributed by atoms with Crippen LogP contribution in [0.3, 0.4) is 0 Å². The topological polar surface area (TPSA) is 27.0 Å². The van der Waals surface area contributed by atoms with Crippen LogP contribution < -0.4 is 0 Å². The van der Waals surface area contributed by atoms with Crippen molar-refractivity contribution in [2.45, 2.75) is 31.7 Å². The van der Waals surface area contributed by atoms with Crippen LogP contribution in [0.2, 0.25) is 0 Å². The summed E-state index contributed by atoms with van der Waals surface area (Å²) in [6.45, 7) is 5.08. The van der Waals surface area contributed by atoms with E-state index < -0.39 is 0 Å². The maximum atomic E-state index is 9.74. The molecule has 0 radical (unpaired) electrons. The quantitative estimate of drug-likeness (QED) is 0.852. The molecule has 1 heterocycles. The minimum Gasteiger partial charge on any atom is -0.299 e.